The molecule has 0 bridgehead atoms. The minimum absolute atomic E-state index is 0. The molecule has 0 aliphatic carbocycles. The number of carbonyl (C=O) groups is 3. The van der Waals surface area contributed by atoms with Crippen molar-refractivity contribution >= 4 is 17.7 Å². The van der Waals surface area contributed by atoms with E-state index in [1.165, 1.54) is 18.2 Å². The molecule has 1 rings (SSSR count). The van der Waals surface area contributed by atoms with Gasteiger partial charge in [0.1, 0.15) is 18.1 Å². The van der Waals surface area contributed by atoms with E-state index in [0.717, 1.165) is 0 Å². The molecule has 0 aliphatic heterocycles. The van der Waals surface area contributed by atoms with Gasteiger partial charge in [0.15, 0.2) is 0 Å². The predicted octanol–water partition coefficient (Wildman–Crippen LogP) is -2.16. The molecule has 7 heteroatoms. The molecule has 0 saturated carbocycles. The van der Waals surface area contributed by atoms with Crippen LogP contribution in [0.4, 0.5) is 0 Å². The van der Waals surface area contributed by atoms with E-state index in [1.807, 2.05) is 0 Å². The third-order valence-electron chi connectivity index (χ3n) is 2.56. The van der Waals surface area contributed by atoms with E-state index < -0.39 is 18.4 Å². The van der Waals surface area contributed by atoms with Gasteiger partial charge in [-0.25, -0.2) is 0 Å². The van der Waals surface area contributed by atoms with Crippen LogP contribution < -0.4 is 34.9 Å². The predicted molar refractivity (Wildman–Crippen MR) is 68.2 cm³/mol. The normalized spacial score (nSPS) is 9.45. The Kier molecular flexibility index (Phi) is 8.13. The summed E-state index contributed by atoms with van der Waals surface area (Å²) >= 11 is 0. The van der Waals surface area contributed by atoms with Gasteiger partial charge in [0.2, 0.25) is 0 Å². The van der Waals surface area contributed by atoms with Gasteiger partial charge in [-0.15, -0.1) is 0 Å². The number of carboxylic acids is 1. The number of carbonyl (C=O) groups excluding carboxylic acids is 2. The van der Waals surface area contributed by atoms with Crippen LogP contribution in [0.3, 0.4) is 0 Å². The first-order valence-corrected chi connectivity index (χ1v) is 5.78. The second kappa shape index (κ2) is 8.73. The average Bonchev–Trinajstić information content (AvgIpc) is 2.38. The largest absolute Gasteiger partial charge is 1.00 e. The molecule has 1 aromatic rings. The molecule has 0 fully saturated rings. The summed E-state index contributed by atoms with van der Waals surface area (Å²) < 4.78 is 0. The summed E-state index contributed by atoms with van der Waals surface area (Å²) in [5.41, 5.74) is 0.334. The molecule has 104 valence electrons. The Morgan fingerprint density at radius 2 is 1.95 bits per heavy atom. The van der Waals surface area contributed by atoms with Crippen LogP contribution in [0.25, 0.3) is 0 Å². The van der Waals surface area contributed by atoms with E-state index >= 15 is 0 Å². The minimum atomic E-state index is -1.17. The van der Waals surface area contributed by atoms with Crippen LogP contribution in [0.1, 0.15) is 30.7 Å². The van der Waals surface area contributed by atoms with Crippen molar-refractivity contribution in [3.05, 3.63) is 29.3 Å². The first kappa shape index (κ1) is 18.6. The van der Waals surface area contributed by atoms with Crippen molar-refractivity contribution in [2.75, 3.05) is 6.54 Å². The number of Topliss-reactive ketones (excluding diaryl/α,β-unsaturated/α-hetero) is 1. The van der Waals surface area contributed by atoms with Gasteiger partial charge in [-0.3, -0.25) is 14.4 Å². The maximum absolute atomic E-state index is 11.8. The molecule has 20 heavy (non-hydrogen) atoms. The Labute approximate surface area is 140 Å². The Hall–Kier alpha value is -1.37. The third-order valence-corrected chi connectivity index (χ3v) is 2.56. The molecule has 6 nitrogen and oxygen atoms in total. The molecule has 0 atom stereocenters. The first-order chi connectivity index (χ1) is 8.95. The second-order valence-electron chi connectivity index (χ2n) is 3.95. The molecular weight excluding hydrogens is 273 g/mol. The van der Waals surface area contributed by atoms with Gasteiger partial charge in [-0.05, 0) is 12.1 Å². The number of nitrogens with one attached hydrogen (secondary N) is 1. The maximum atomic E-state index is 11.8. The molecule has 0 aromatic heterocycles. The van der Waals surface area contributed by atoms with Gasteiger partial charge in [0.05, 0.1) is 0 Å². The molecule has 0 heterocycles. The zero-order valence-electron chi connectivity index (χ0n) is 12.5. The number of benzene rings is 1. The molecule has 0 radical (unpaired) electrons. The summed E-state index contributed by atoms with van der Waals surface area (Å²) in [4.78, 5) is 33.6. The number of aliphatic carboxylic acids is 1. The van der Waals surface area contributed by atoms with E-state index in [2.05, 4.69) is 5.32 Å². The number of rotatable bonds is 6. The van der Waals surface area contributed by atoms with Crippen LogP contribution in [-0.4, -0.2) is 34.4 Å². The summed E-state index contributed by atoms with van der Waals surface area (Å²) in [7, 11) is 0. The van der Waals surface area contributed by atoms with Crippen molar-refractivity contribution in [3.63, 3.8) is 0 Å². The minimum Gasteiger partial charge on any atom is -1.00 e. The van der Waals surface area contributed by atoms with Gasteiger partial charge >= 0.3 is 35.5 Å². The summed E-state index contributed by atoms with van der Waals surface area (Å²) in [6, 6.07) is 4.28. The second-order valence-corrected chi connectivity index (χ2v) is 3.95. The van der Waals surface area contributed by atoms with Crippen molar-refractivity contribution in [1.29, 1.82) is 0 Å². The summed E-state index contributed by atoms with van der Waals surface area (Å²) in [5.74, 6) is -2.06. The molecular formula is C13H16NNaO5. The zero-order valence-corrected chi connectivity index (χ0v) is 13.5. The Balaban J connectivity index is 0. The summed E-state index contributed by atoms with van der Waals surface area (Å²) in [6.45, 7) is 1.17. The van der Waals surface area contributed by atoms with Crippen LogP contribution in [-0.2, 0) is 16.0 Å². The van der Waals surface area contributed by atoms with Crippen molar-refractivity contribution in [1.82, 2.24) is 5.32 Å². The third kappa shape index (κ3) is 5.32. The van der Waals surface area contributed by atoms with Crippen LogP contribution in [0, 0.1) is 0 Å². The zero-order chi connectivity index (χ0) is 14.4. The monoisotopic (exact) mass is 289 g/mol. The summed E-state index contributed by atoms with van der Waals surface area (Å²) in [6.07, 6.45) is 0.240. The Morgan fingerprint density at radius 3 is 2.50 bits per heavy atom. The van der Waals surface area contributed by atoms with Crippen molar-refractivity contribution in [2.45, 2.75) is 19.8 Å². The van der Waals surface area contributed by atoms with Crippen molar-refractivity contribution in [3.8, 4) is 5.75 Å². The van der Waals surface area contributed by atoms with Crippen LogP contribution in [0.2, 0.25) is 0 Å². The van der Waals surface area contributed by atoms with E-state index in [0.29, 0.717) is 6.42 Å². The molecule has 1 amide bonds. The van der Waals surface area contributed by atoms with E-state index in [4.69, 9.17) is 5.11 Å². The average molecular weight is 289 g/mol. The van der Waals surface area contributed by atoms with Crippen molar-refractivity contribution in [2.24, 2.45) is 0 Å². The Bertz CT molecular complexity index is 521. The van der Waals surface area contributed by atoms with Gasteiger partial charge in [0.25, 0.3) is 5.91 Å². The number of ketones is 1. The fraction of sp³-hybridized carbons (Fsp3) is 0.308. The van der Waals surface area contributed by atoms with Gasteiger partial charge in [0, 0.05) is 24.0 Å². The number of carboxylic acid groups (broad SMARTS) is 1. The molecule has 0 saturated heterocycles. The molecule has 0 aliphatic rings. The van der Waals surface area contributed by atoms with Crippen LogP contribution >= 0.6 is 0 Å². The number of hydrogen-bond donors (Lipinski definition) is 3. The number of phenols is 1. The standard InChI is InChI=1S/C13H15NO5.Na.H/c1-2-8(15)6-10-9(4-3-5-11(10)16)13(19)14-7-12(17)18;;/h3-5,16H,2,6-7H2,1H3,(H,14,19)(H,17,18);;/q;+1;-1. The van der Waals surface area contributed by atoms with Gasteiger partial charge < -0.3 is 17.0 Å². The topological polar surface area (TPSA) is 104 Å². The van der Waals surface area contributed by atoms with Crippen LogP contribution in [0.5, 0.6) is 5.75 Å². The van der Waals surface area contributed by atoms with E-state index in [1.54, 1.807) is 6.92 Å². The summed E-state index contributed by atoms with van der Waals surface area (Å²) in [5, 5.41) is 20.4. The van der Waals surface area contributed by atoms with Gasteiger partial charge in [-0.1, -0.05) is 13.0 Å². The van der Waals surface area contributed by atoms with E-state index in [9.17, 15) is 19.5 Å². The van der Waals surface area contributed by atoms with Crippen LogP contribution in [0.15, 0.2) is 18.2 Å². The number of hydrogen-bond acceptors (Lipinski definition) is 4. The SMILES string of the molecule is CCC(=O)Cc1c(O)cccc1C(=O)NCC(=O)O.[H-].[Na+]. The molecule has 1 aromatic carbocycles. The number of aromatic hydroxyl groups is 1. The molecule has 0 unspecified atom stereocenters. The smallest absolute Gasteiger partial charge is 1.00 e. The fourth-order valence-electron chi connectivity index (χ4n) is 1.55. The number of phenolic OH excluding ortho intramolecular Hbond substituents is 1. The maximum Gasteiger partial charge on any atom is 1.00 e. The van der Waals surface area contributed by atoms with Crippen molar-refractivity contribution < 1.29 is 55.6 Å². The Morgan fingerprint density at radius 1 is 1.30 bits per heavy atom. The quantitative estimate of drug-likeness (QED) is 0.518. The molecule has 0 spiro atoms. The van der Waals surface area contributed by atoms with Gasteiger partial charge in [-0.2, -0.15) is 0 Å². The fourth-order valence-corrected chi connectivity index (χ4v) is 1.55. The van der Waals surface area contributed by atoms with E-state index in [-0.39, 0.29) is 60.1 Å². The first-order valence-electron chi connectivity index (χ1n) is 5.78. The molecule has 3 N–H and O–H groups in total. The number of amides is 1.